The van der Waals surface area contributed by atoms with Gasteiger partial charge in [0, 0.05) is 6.00 Å². The lowest BCUT2D eigenvalue weighted by Crippen LogP contribution is -2.28. The molecule has 9 heteroatoms. The SMILES string of the molecule is [B]OCC1OC([B])CC1OP(=O)(O)O. The molecule has 3 atom stereocenters. The van der Waals surface area contributed by atoms with Gasteiger partial charge >= 0.3 is 7.82 Å². The number of rotatable bonds is 4. The van der Waals surface area contributed by atoms with E-state index in [2.05, 4.69) is 9.18 Å². The fourth-order valence-corrected chi connectivity index (χ4v) is 1.85. The number of hydrogen-bond acceptors (Lipinski definition) is 4. The highest BCUT2D eigenvalue weighted by molar-refractivity contribution is 7.46. The summed E-state index contributed by atoms with van der Waals surface area (Å²) in [5.74, 6) is 0. The number of phosphoric ester groups is 1. The Kier molecular flexibility index (Phi) is 4.18. The van der Waals surface area contributed by atoms with Gasteiger partial charge in [-0.25, -0.2) is 4.57 Å². The van der Waals surface area contributed by atoms with Crippen LogP contribution >= 0.6 is 7.82 Å². The van der Waals surface area contributed by atoms with Crippen LogP contribution in [0.15, 0.2) is 0 Å². The first-order chi connectivity index (χ1) is 6.42. The van der Waals surface area contributed by atoms with Crippen LogP contribution in [0.3, 0.4) is 0 Å². The number of hydrogen-bond donors (Lipinski definition) is 2. The van der Waals surface area contributed by atoms with Gasteiger partial charge in [-0.15, -0.1) is 0 Å². The number of ether oxygens (including phenoxy) is 1. The van der Waals surface area contributed by atoms with Gasteiger partial charge in [0.1, 0.15) is 14.0 Å². The molecule has 0 aliphatic carbocycles. The Balaban J connectivity index is 2.53. The van der Waals surface area contributed by atoms with Crippen molar-refractivity contribution in [3.63, 3.8) is 0 Å². The van der Waals surface area contributed by atoms with Crippen molar-refractivity contribution in [3.05, 3.63) is 0 Å². The molecule has 6 nitrogen and oxygen atoms in total. The zero-order valence-electron chi connectivity index (χ0n) is 7.28. The fourth-order valence-electron chi connectivity index (χ4n) is 1.28. The van der Waals surface area contributed by atoms with E-state index in [-0.39, 0.29) is 13.0 Å². The molecule has 2 N–H and O–H groups in total. The van der Waals surface area contributed by atoms with Gasteiger partial charge in [-0.3, -0.25) is 4.52 Å². The second-order valence-corrected chi connectivity index (χ2v) is 4.11. The molecular weight excluding hydrogens is 209 g/mol. The Labute approximate surface area is 84.0 Å². The molecule has 0 aromatic heterocycles. The first-order valence-corrected chi connectivity index (χ1v) is 5.42. The molecule has 0 saturated carbocycles. The molecular formula is C5H9B2O6P. The van der Waals surface area contributed by atoms with E-state index >= 15 is 0 Å². The predicted octanol–water partition coefficient (Wildman–Crippen LogP) is -1.15. The van der Waals surface area contributed by atoms with Crippen molar-refractivity contribution in [2.45, 2.75) is 24.6 Å². The van der Waals surface area contributed by atoms with E-state index in [1.165, 1.54) is 0 Å². The summed E-state index contributed by atoms with van der Waals surface area (Å²) < 4.78 is 24.4. The Morgan fingerprint density at radius 1 is 1.57 bits per heavy atom. The summed E-state index contributed by atoms with van der Waals surface area (Å²) in [5, 5.41) is 0. The third kappa shape index (κ3) is 3.73. The van der Waals surface area contributed by atoms with Crippen LogP contribution in [0.4, 0.5) is 0 Å². The van der Waals surface area contributed by atoms with Gasteiger partial charge in [-0.05, 0) is 6.42 Å². The Hall–Kier alpha value is 0.160. The van der Waals surface area contributed by atoms with E-state index in [1.54, 1.807) is 0 Å². The molecule has 3 unspecified atom stereocenters. The van der Waals surface area contributed by atoms with Crippen LogP contribution in [0.5, 0.6) is 0 Å². The van der Waals surface area contributed by atoms with Crippen LogP contribution < -0.4 is 0 Å². The minimum absolute atomic E-state index is 0.0294. The molecule has 4 radical (unpaired) electrons. The maximum absolute atomic E-state index is 10.5. The van der Waals surface area contributed by atoms with Crippen molar-refractivity contribution in [3.8, 4) is 0 Å². The summed E-state index contributed by atoms with van der Waals surface area (Å²) in [5.41, 5.74) is 0. The fraction of sp³-hybridized carbons (Fsp3) is 1.00. The molecule has 0 spiro atoms. The zero-order chi connectivity index (χ0) is 10.8. The lowest BCUT2D eigenvalue weighted by Gasteiger charge is -2.18. The van der Waals surface area contributed by atoms with E-state index in [0.29, 0.717) is 0 Å². The second kappa shape index (κ2) is 4.79. The lowest BCUT2D eigenvalue weighted by molar-refractivity contribution is 0.00374. The lowest BCUT2D eigenvalue weighted by atomic mass is 9.96. The first kappa shape index (κ1) is 12.2. The van der Waals surface area contributed by atoms with Gasteiger partial charge in [-0.2, -0.15) is 0 Å². The smallest absolute Gasteiger partial charge is 0.445 e. The normalized spacial score (nSPS) is 33.4. The average molecular weight is 218 g/mol. The Morgan fingerprint density at radius 2 is 2.21 bits per heavy atom. The van der Waals surface area contributed by atoms with Crippen molar-refractivity contribution in [2.24, 2.45) is 0 Å². The van der Waals surface area contributed by atoms with Crippen LogP contribution in [0, 0.1) is 0 Å². The maximum atomic E-state index is 10.5. The third-order valence-electron chi connectivity index (χ3n) is 1.76. The highest BCUT2D eigenvalue weighted by atomic mass is 31.2. The van der Waals surface area contributed by atoms with E-state index in [9.17, 15) is 4.57 Å². The van der Waals surface area contributed by atoms with Crippen molar-refractivity contribution in [1.82, 2.24) is 0 Å². The molecule has 76 valence electrons. The molecule has 1 heterocycles. The molecule has 1 aliphatic heterocycles. The third-order valence-corrected chi connectivity index (χ3v) is 2.31. The van der Waals surface area contributed by atoms with E-state index in [0.717, 1.165) is 0 Å². The molecule has 0 aromatic rings. The van der Waals surface area contributed by atoms with E-state index in [4.69, 9.17) is 30.4 Å². The van der Waals surface area contributed by atoms with Gasteiger partial charge in [0.2, 0.25) is 0 Å². The summed E-state index contributed by atoms with van der Waals surface area (Å²) in [6.07, 6.45) is -1.25. The summed E-state index contributed by atoms with van der Waals surface area (Å²) >= 11 is 0. The molecule has 1 saturated heterocycles. The monoisotopic (exact) mass is 218 g/mol. The molecule has 0 bridgehead atoms. The quantitative estimate of drug-likeness (QED) is 0.457. The molecule has 1 fully saturated rings. The van der Waals surface area contributed by atoms with E-state index < -0.39 is 26.0 Å². The maximum Gasteiger partial charge on any atom is 0.469 e. The molecule has 1 rings (SSSR count). The first-order valence-electron chi connectivity index (χ1n) is 3.89. The van der Waals surface area contributed by atoms with E-state index in [1.807, 2.05) is 0 Å². The van der Waals surface area contributed by atoms with Crippen molar-refractivity contribution >= 4 is 23.7 Å². The molecule has 0 aromatic carbocycles. The van der Waals surface area contributed by atoms with Gasteiger partial charge in [0.25, 0.3) is 8.05 Å². The van der Waals surface area contributed by atoms with Crippen LogP contribution in [-0.2, 0) is 18.5 Å². The summed E-state index contributed by atoms with van der Waals surface area (Å²) in [6, 6.07) is -0.619. The zero-order valence-corrected chi connectivity index (χ0v) is 8.17. The minimum Gasteiger partial charge on any atom is -0.445 e. The van der Waals surface area contributed by atoms with Gasteiger partial charge in [0.05, 0.1) is 12.7 Å². The average Bonchev–Trinajstić information content (AvgIpc) is 2.28. The Bertz CT molecular complexity index is 232. The summed E-state index contributed by atoms with van der Waals surface area (Å²) in [4.78, 5) is 17.1. The van der Waals surface area contributed by atoms with Crippen LogP contribution in [0.1, 0.15) is 6.42 Å². The standard InChI is InChI=1S/C5H9B2O6P/c6-5-1-3(13-14(8,9)10)4(12-5)2-11-7/h3-5H,1-2H2,(H2,8,9,10). The highest BCUT2D eigenvalue weighted by Crippen LogP contribution is 2.41. The largest absolute Gasteiger partial charge is 0.469 e. The van der Waals surface area contributed by atoms with Gasteiger partial charge in [-0.1, -0.05) is 0 Å². The van der Waals surface area contributed by atoms with Gasteiger partial charge in [0.15, 0.2) is 0 Å². The Morgan fingerprint density at radius 3 is 2.71 bits per heavy atom. The predicted molar refractivity (Wildman–Crippen MR) is 47.7 cm³/mol. The summed E-state index contributed by atoms with van der Waals surface area (Å²) in [7, 11) is 5.69. The topological polar surface area (TPSA) is 85.2 Å². The van der Waals surface area contributed by atoms with Gasteiger partial charge < -0.3 is 19.2 Å². The molecule has 1 aliphatic rings. The summed E-state index contributed by atoms with van der Waals surface area (Å²) in [6.45, 7) is -0.0294. The van der Waals surface area contributed by atoms with Crippen molar-refractivity contribution < 1.29 is 28.3 Å². The van der Waals surface area contributed by atoms with Crippen molar-refractivity contribution in [2.75, 3.05) is 6.61 Å². The van der Waals surface area contributed by atoms with Crippen molar-refractivity contribution in [1.29, 1.82) is 0 Å². The van der Waals surface area contributed by atoms with Crippen LogP contribution in [-0.4, -0.2) is 50.5 Å². The molecule has 0 amide bonds. The minimum atomic E-state index is -4.53. The molecule has 14 heavy (non-hydrogen) atoms. The van der Waals surface area contributed by atoms with Crippen LogP contribution in [0.25, 0.3) is 0 Å². The second-order valence-electron chi connectivity index (χ2n) is 2.92. The highest BCUT2D eigenvalue weighted by Gasteiger charge is 2.37. The van der Waals surface area contributed by atoms with Crippen LogP contribution in [0.2, 0.25) is 0 Å². The number of phosphoric acid groups is 1.